The standard InChI is InChI=1S/C26H60FN3O11Si6/c1-34-46(35-2,36-3)19-15-17-42(7,8)40-44(11,12)22-29-24(31)28(21-27)25(32)30(26(29)33)23-45(13,14)41-43(9,10)18-16-20-47(37-4,38-5)39-6/h15-23H2,1-14H3. The molecule has 0 radical (unpaired) electrons. The van der Waals surface area contributed by atoms with Gasteiger partial charge in [0, 0.05) is 54.7 Å². The average Bonchev–Trinajstić information content (AvgIpc) is 2.97. The van der Waals surface area contributed by atoms with Crippen molar-refractivity contribution in [2.75, 3.05) is 42.7 Å². The van der Waals surface area contributed by atoms with Crippen molar-refractivity contribution < 1.29 is 39.2 Å². The molecule has 14 nitrogen and oxygen atoms in total. The summed E-state index contributed by atoms with van der Waals surface area (Å²) in [6, 6.07) is 2.81. The molecule has 276 valence electrons. The van der Waals surface area contributed by atoms with Crippen LogP contribution in [0.4, 0.5) is 4.39 Å². The zero-order valence-electron chi connectivity index (χ0n) is 31.1. The molecule has 0 saturated carbocycles. The monoisotopic (exact) mass is 777 g/mol. The minimum atomic E-state index is -2.73. The maximum atomic E-state index is 14.1. The molecule has 0 aliphatic rings. The van der Waals surface area contributed by atoms with Crippen molar-refractivity contribution in [3.63, 3.8) is 0 Å². The van der Waals surface area contributed by atoms with Gasteiger partial charge in [-0.3, -0.25) is 0 Å². The van der Waals surface area contributed by atoms with E-state index in [9.17, 15) is 18.8 Å². The van der Waals surface area contributed by atoms with Crippen LogP contribution >= 0.6 is 0 Å². The first kappa shape index (κ1) is 44.3. The molecule has 0 saturated heterocycles. The van der Waals surface area contributed by atoms with Crippen molar-refractivity contribution in [1.29, 1.82) is 0 Å². The fraction of sp³-hybridized carbons (Fsp3) is 0.885. The Morgan fingerprint density at radius 1 is 0.468 bits per heavy atom. The van der Waals surface area contributed by atoms with Gasteiger partial charge in [-0.1, -0.05) is 0 Å². The van der Waals surface area contributed by atoms with E-state index in [1.54, 1.807) is 42.7 Å². The highest BCUT2D eigenvalue weighted by molar-refractivity contribution is 6.85. The molecule has 1 aromatic heterocycles. The van der Waals surface area contributed by atoms with Gasteiger partial charge in [0.2, 0.25) is 0 Å². The van der Waals surface area contributed by atoms with E-state index < -0.39 is 74.7 Å². The number of nitrogens with zero attached hydrogens (tertiary/aromatic N) is 3. The predicted molar refractivity (Wildman–Crippen MR) is 194 cm³/mol. The first-order chi connectivity index (χ1) is 21.6. The summed E-state index contributed by atoms with van der Waals surface area (Å²) in [5, 5.41) is 0. The quantitative estimate of drug-likeness (QED) is 0.151. The van der Waals surface area contributed by atoms with Gasteiger partial charge >= 0.3 is 34.7 Å². The van der Waals surface area contributed by atoms with Crippen LogP contribution in [0, 0.1) is 0 Å². The van der Waals surface area contributed by atoms with Crippen molar-refractivity contribution in [3.05, 3.63) is 31.5 Å². The van der Waals surface area contributed by atoms with Crippen molar-refractivity contribution in [3.8, 4) is 0 Å². The van der Waals surface area contributed by atoms with E-state index in [4.69, 9.17) is 34.8 Å². The van der Waals surface area contributed by atoms with E-state index in [1.807, 2.05) is 26.2 Å². The molecule has 47 heavy (non-hydrogen) atoms. The van der Waals surface area contributed by atoms with Crippen molar-refractivity contribution in [2.24, 2.45) is 0 Å². The Bertz CT molecular complexity index is 1210. The van der Waals surface area contributed by atoms with Crippen molar-refractivity contribution >= 4 is 50.9 Å². The SMILES string of the molecule is CO[Si](CCC[Si](C)(C)O[Si](C)(C)Cn1c(=O)n(CF)c(=O)n(C[Si](C)(C)O[Si](C)(C)CCC[Si](OC)(OC)OC)c1=O)(OC)OC. The Morgan fingerprint density at radius 3 is 1.00 bits per heavy atom. The largest absolute Gasteiger partial charge is 0.500 e. The van der Waals surface area contributed by atoms with Crippen LogP contribution in [-0.4, -0.2) is 107 Å². The fourth-order valence-electron chi connectivity index (χ4n) is 6.05. The molecular weight excluding hydrogens is 718 g/mol. The third kappa shape index (κ3) is 12.9. The highest BCUT2D eigenvalue weighted by atomic mass is 28.4. The molecule has 0 amide bonds. The van der Waals surface area contributed by atoms with Gasteiger partial charge in [-0.15, -0.1) is 0 Å². The smallest absolute Gasteiger partial charge is 0.454 e. The van der Waals surface area contributed by atoms with Gasteiger partial charge in [0.15, 0.2) is 40.1 Å². The summed E-state index contributed by atoms with van der Waals surface area (Å²) < 4.78 is 63.1. The van der Waals surface area contributed by atoms with Crippen LogP contribution in [0.15, 0.2) is 14.4 Å². The lowest BCUT2D eigenvalue weighted by Gasteiger charge is -2.35. The average molecular weight is 778 g/mol. The summed E-state index contributed by atoms with van der Waals surface area (Å²) in [7, 11) is -6.01. The molecule has 0 aromatic carbocycles. The molecule has 0 aliphatic heterocycles. The molecule has 1 rings (SSSR count). The Hall–Kier alpha value is -0.679. The van der Waals surface area contributed by atoms with Gasteiger partial charge in [-0.25, -0.2) is 32.5 Å². The minimum Gasteiger partial charge on any atom is -0.454 e. The van der Waals surface area contributed by atoms with E-state index in [0.717, 1.165) is 34.1 Å². The molecule has 0 fully saturated rings. The predicted octanol–water partition coefficient (Wildman–Crippen LogP) is 3.57. The number of halogens is 1. The summed E-state index contributed by atoms with van der Waals surface area (Å²) in [6.07, 6.45) is 1.47. The molecule has 0 unspecified atom stereocenters. The number of alkyl halides is 1. The summed E-state index contributed by atoms with van der Waals surface area (Å²) in [5.74, 6) is 0. The first-order valence-corrected chi connectivity index (χ1v) is 32.1. The molecule has 21 heteroatoms. The molecule has 0 atom stereocenters. The van der Waals surface area contributed by atoms with Crippen LogP contribution in [0.3, 0.4) is 0 Å². The van der Waals surface area contributed by atoms with Crippen LogP contribution in [-0.2, 0) is 53.9 Å². The van der Waals surface area contributed by atoms with E-state index in [-0.39, 0.29) is 12.3 Å². The van der Waals surface area contributed by atoms with E-state index >= 15 is 0 Å². The van der Waals surface area contributed by atoms with Crippen LogP contribution in [0.25, 0.3) is 0 Å². The second kappa shape index (κ2) is 18.0. The topological polar surface area (TPSA) is 140 Å². The Kier molecular flexibility index (Phi) is 17.0. The maximum Gasteiger partial charge on any atom is 0.500 e. The highest BCUT2D eigenvalue weighted by Gasteiger charge is 2.41. The summed E-state index contributed by atoms with van der Waals surface area (Å²) in [6.45, 7) is 14.7. The molecule has 0 N–H and O–H groups in total. The molecule has 1 heterocycles. The Balaban J connectivity index is 3.24. The van der Waals surface area contributed by atoms with E-state index in [2.05, 4.69) is 26.2 Å². The lowest BCUT2D eigenvalue weighted by atomic mass is 10.6. The van der Waals surface area contributed by atoms with Crippen LogP contribution < -0.4 is 17.1 Å². The van der Waals surface area contributed by atoms with Gasteiger partial charge in [-0.05, 0) is 77.3 Å². The normalized spacial score (nSPS) is 13.9. The molecule has 0 bridgehead atoms. The maximum absolute atomic E-state index is 14.1. The number of rotatable bonds is 23. The summed E-state index contributed by atoms with van der Waals surface area (Å²) in [5.41, 5.74) is -2.73. The molecule has 0 spiro atoms. The number of hydrogen-bond donors (Lipinski definition) is 0. The third-order valence-electron chi connectivity index (χ3n) is 8.08. The van der Waals surface area contributed by atoms with Gasteiger partial charge in [-0.2, -0.15) is 0 Å². The van der Waals surface area contributed by atoms with Gasteiger partial charge in [0.05, 0.1) is 12.3 Å². The van der Waals surface area contributed by atoms with E-state index in [0.29, 0.717) is 16.7 Å². The summed E-state index contributed by atoms with van der Waals surface area (Å²) >= 11 is 0. The van der Waals surface area contributed by atoms with Gasteiger partial charge in [0.25, 0.3) is 0 Å². The van der Waals surface area contributed by atoms with Crippen LogP contribution in [0.5, 0.6) is 0 Å². The molecule has 1 aromatic rings. The molecule has 0 aliphatic carbocycles. The number of aromatic nitrogens is 3. The zero-order valence-corrected chi connectivity index (χ0v) is 37.1. The first-order valence-electron chi connectivity index (χ1n) is 15.8. The zero-order chi connectivity index (χ0) is 36.5. The fourth-order valence-corrected chi connectivity index (χ4v) is 27.6. The minimum absolute atomic E-state index is 0.0263. The lowest BCUT2D eigenvalue weighted by Crippen LogP contribution is -2.60. The van der Waals surface area contributed by atoms with Crippen molar-refractivity contribution in [2.45, 2.75) is 109 Å². The van der Waals surface area contributed by atoms with Crippen LogP contribution in [0.2, 0.25) is 76.6 Å². The Labute approximate surface area is 285 Å². The second-order valence-corrected chi connectivity index (χ2v) is 37.6. The van der Waals surface area contributed by atoms with Crippen molar-refractivity contribution in [1.82, 2.24) is 13.7 Å². The second-order valence-electron chi connectivity index (χ2n) is 14.1. The summed E-state index contributed by atoms with van der Waals surface area (Å²) in [4.78, 5) is 40.3. The van der Waals surface area contributed by atoms with E-state index in [1.165, 1.54) is 0 Å². The Morgan fingerprint density at radius 2 is 0.745 bits per heavy atom. The third-order valence-corrected chi connectivity index (χ3v) is 27.9. The lowest BCUT2D eigenvalue weighted by molar-refractivity contribution is 0.123. The van der Waals surface area contributed by atoms with Gasteiger partial charge in [0.1, 0.15) is 0 Å². The van der Waals surface area contributed by atoms with Crippen LogP contribution in [0.1, 0.15) is 12.8 Å². The molecular formula is C26H60FN3O11Si6. The highest BCUT2D eigenvalue weighted by Crippen LogP contribution is 2.26. The van der Waals surface area contributed by atoms with Gasteiger partial charge < -0.3 is 34.8 Å². The number of hydrogen-bond acceptors (Lipinski definition) is 11.